The third-order valence-corrected chi connectivity index (χ3v) is 6.05. The molecule has 0 radical (unpaired) electrons. The first-order valence-corrected chi connectivity index (χ1v) is 11.6. The smallest absolute Gasteiger partial charge is 0.271 e. The van der Waals surface area contributed by atoms with E-state index in [4.69, 9.17) is 14.2 Å². The minimum Gasteiger partial charge on any atom is -0.496 e. The number of aromatic nitrogens is 1. The highest BCUT2D eigenvalue weighted by Crippen LogP contribution is 2.35. The van der Waals surface area contributed by atoms with Crippen molar-refractivity contribution in [2.75, 3.05) is 39.7 Å². The van der Waals surface area contributed by atoms with E-state index in [-0.39, 0.29) is 11.5 Å². The summed E-state index contributed by atoms with van der Waals surface area (Å²) in [6, 6.07) is 3.89. The summed E-state index contributed by atoms with van der Waals surface area (Å²) >= 11 is 1.24. The van der Waals surface area contributed by atoms with Crippen molar-refractivity contribution < 1.29 is 23.8 Å². The fraction of sp³-hybridized carbons (Fsp3) is 0.522. The summed E-state index contributed by atoms with van der Waals surface area (Å²) in [6.45, 7) is 11.6. The average Bonchev–Trinajstić information content (AvgIpc) is 3.14. The standard InChI is InChI=1S/C23H34N4O5S/c1-13(2)27(14(3)4)10-9-24-22(29)20-15(5)33-23(25-20)26-21(28)16-11-18(31-7)19(32-8)12-17(16)30-6/h11-14H,9-10H2,1-8H3,(H,24,29)(H,25,26,28). The summed E-state index contributed by atoms with van der Waals surface area (Å²) in [7, 11) is 4.46. The zero-order valence-electron chi connectivity index (χ0n) is 20.6. The molecule has 1 heterocycles. The fourth-order valence-corrected chi connectivity index (χ4v) is 4.33. The molecule has 2 aromatic rings. The first-order chi connectivity index (χ1) is 15.6. The molecule has 1 aromatic carbocycles. The number of carbonyl (C=O) groups is 2. The van der Waals surface area contributed by atoms with Gasteiger partial charge in [0.15, 0.2) is 16.6 Å². The topological polar surface area (TPSA) is 102 Å². The minimum absolute atomic E-state index is 0.261. The molecule has 0 spiro atoms. The van der Waals surface area contributed by atoms with Gasteiger partial charge in [-0.2, -0.15) is 0 Å². The van der Waals surface area contributed by atoms with Crippen LogP contribution in [0, 0.1) is 6.92 Å². The number of benzene rings is 1. The minimum atomic E-state index is -0.432. The van der Waals surface area contributed by atoms with Crippen molar-refractivity contribution in [3.8, 4) is 17.2 Å². The van der Waals surface area contributed by atoms with Crippen LogP contribution in [0.4, 0.5) is 5.13 Å². The van der Waals surface area contributed by atoms with Crippen LogP contribution < -0.4 is 24.8 Å². The third-order valence-electron chi connectivity index (χ3n) is 5.16. The van der Waals surface area contributed by atoms with Gasteiger partial charge >= 0.3 is 0 Å². The van der Waals surface area contributed by atoms with Gasteiger partial charge in [-0.3, -0.25) is 19.8 Å². The van der Waals surface area contributed by atoms with Crippen molar-refractivity contribution in [1.29, 1.82) is 0 Å². The number of aryl methyl sites for hydroxylation is 1. The number of anilines is 1. The van der Waals surface area contributed by atoms with E-state index >= 15 is 0 Å². The van der Waals surface area contributed by atoms with E-state index in [2.05, 4.69) is 48.2 Å². The molecule has 0 aliphatic rings. The molecule has 0 saturated heterocycles. The van der Waals surface area contributed by atoms with Crippen LogP contribution in [-0.2, 0) is 0 Å². The van der Waals surface area contributed by atoms with Crippen LogP contribution in [0.5, 0.6) is 17.2 Å². The number of hydrogen-bond acceptors (Lipinski definition) is 8. The lowest BCUT2D eigenvalue weighted by molar-refractivity contribution is 0.0933. The molecule has 0 unspecified atom stereocenters. The predicted molar refractivity (Wildman–Crippen MR) is 130 cm³/mol. The molecule has 0 bridgehead atoms. The Morgan fingerprint density at radius 1 is 0.970 bits per heavy atom. The summed E-state index contributed by atoms with van der Waals surface area (Å²) < 4.78 is 15.9. The zero-order valence-corrected chi connectivity index (χ0v) is 21.4. The Balaban J connectivity index is 2.11. The number of nitrogens with one attached hydrogen (secondary N) is 2. The normalized spacial score (nSPS) is 11.1. The number of hydrogen-bond donors (Lipinski definition) is 2. The van der Waals surface area contributed by atoms with E-state index in [1.165, 1.54) is 38.7 Å². The van der Waals surface area contributed by atoms with Crippen LogP contribution in [0.15, 0.2) is 12.1 Å². The number of rotatable bonds is 11. The highest BCUT2D eigenvalue weighted by atomic mass is 32.1. The molecule has 9 nitrogen and oxygen atoms in total. The fourth-order valence-electron chi connectivity index (χ4n) is 3.53. The van der Waals surface area contributed by atoms with Crippen LogP contribution in [-0.4, -0.2) is 68.2 Å². The van der Waals surface area contributed by atoms with Crippen LogP contribution in [0.1, 0.15) is 53.4 Å². The predicted octanol–water partition coefficient (Wildman–Crippen LogP) is 3.58. The number of methoxy groups -OCH3 is 3. The SMILES string of the molecule is COc1cc(OC)c(C(=O)Nc2nc(C(=O)NCCN(C(C)C)C(C)C)c(C)s2)cc1OC. The van der Waals surface area contributed by atoms with Gasteiger partial charge in [0.2, 0.25) is 0 Å². The molecule has 0 aliphatic carbocycles. The second-order valence-electron chi connectivity index (χ2n) is 7.97. The van der Waals surface area contributed by atoms with Crippen molar-refractivity contribution in [2.24, 2.45) is 0 Å². The van der Waals surface area contributed by atoms with Crippen molar-refractivity contribution >= 4 is 28.3 Å². The maximum atomic E-state index is 12.9. The molecule has 182 valence electrons. The first-order valence-electron chi connectivity index (χ1n) is 10.8. The van der Waals surface area contributed by atoms with Crippen LogP contribution in [0.25, 0.3) is 0 Å². The van der Waals surface area contributed by atoms with E-state index in [1.807, 2.05) is 0 Å². The van der Waals surface area contributed by atoms with Gasteiger partial charge in [0.25, 0.3) is 11.8 Å². The second-order valence-corrected chi connectivity index (χ2v) is 9.17. The van der Waals surface area contributed by atoms with Gasteiger partial charge in [-0.25, -0.2) is 4.98 Å². The molecule has 2 rings (SSSR count). The third kappa shape index (κ3) is 6.58. The molecular weight excluding hydrogens is 444 g/mol. The van der Waals surface area contributed by atoms with Gasteiger partial charge in [-0.1, -0.05) is 0 Å². The Bertz CT molecular complexity index is 966. The number of carbonyl (C=O) groups excluding carboxylic acids is 2. The molecule has 2 N–H and O–H groups in total. The lowest BCUT2D eigenvalue weighted by Gasteiger charge is -2.30. The largest absolute Gasteiger partial charge is 0.496 e. The highest BCUT2D eigenvalue weighted by molar-refractivity contribution is 7.16. The Hall–Kier alpha value is -2.85. The van der Waals surface area contributed by atoms with Gasteiger partial charge in [-0.05, 0) is 34.6 Å². The average molecular weight is 479 g/mol. The Kier molecular flexibility index (Phi) is 9.48. The van der Waals surface area contributed by atoms with Gasteiger partial charge < -0.3 is 19.5 Å². The quantitative estimate of drug-likeness (QED) is 0.509. The molecule has 0 aliphatic heterocycles. The van der Waals surface area contributed by atoms with Crippen LogP contribution >= 0.6 is 11.3 Å². The summed E-state index contributed by atoms with van der Waals surface area (Å²) in [5, 5.41) is 6.00. The molecular formula is C23H34N4O5S. The second kappa shape index (κ2) is 11.9. The lowest BCUT2D eigenvalue weighted by Crippen LogP contribution is -2.42. The van der Waals surface area contributed by atoms with Crippen LogP contribution in [0.3, 0.4) is 0 Å². The lowest BCUT2D eigenvalue weighted by atomic mass is 10.1. The van der Waals surface area contributed by atoms with Gasteiger partial charge in [-0.15, -0.1) is 11.3 Å². The van der Waals surface area contributed by atoms with E-state index in [0.29, 0.717) is 51.6 Å². The Morgan fingerprint density at radius 3 is 2.09 bits per heavy atom. The van der Waals surface area contributed by atoms with Crippen LogP contribution in [0.2, 0.25) is 0 Å². The Labute approximate surface area is 199 Å². The summed E-state index contributed by atoms with van der Waals surface area (Å²) in [5.41, 5.74) is 0.562. The van der Waals surface area contributed by atoms with Crippen molar-refractivity contribution in [3.63, 3.8) is 0 Å². The molecule has 2 amide bonds. The molecule has 10 heteroatoms. The van der Waals surface area contributed by atoms with Gasteiger partial charge in [0.05, 0.1) is 26.9 Å². The van der Waals surface area contributed by atoms with Gasteiger partial charge in [0.1, 0.15) is 11.4 Å². The highest BCUT2D eigenvalue weighted by Gasteiger charge is 2.21. The number of ether oxygens (including phenoxy) is 3. The molecule has 0 fully saturated rings. The molecule has 33 heavy (non-hydrogen) atoms. The molecule has 1 aromatic heterocycles. The number of nitrogens with zero attached hydrogens (tertiary/aromatic N) is 2. The maximum absolute atomic E-state index is 12.9. The summed E-state index contributed by atoms with van der Waals surface area (Å²) in [5.74, 6) is 0.480. The van der Waals surface area contributed by atoms with E-state index in [1.54, 1.807) is 13.0 Å². The van der Waals surface area contributed by atoms with E-state index < -0.39 is 5.91 Å². The summed E-state index contributed by atoms with van der Waals surface area (Å²) in [4.78, 5) is 32.9. The van der Waals surface area contributed by atoms with Crippen molar-refractivity contribution in [1.82, 2.24) is 15.2 Å². The van der Waals surface area contributed by atoms with Gasteiger partial charge in [0, 0.05) is 42.2 Å². The van der Waals surface area contributed by atoms with Crippen molar-refractivity contribution in [2.45, 2.75) is 46.7 Å². The monoisotopic (exact) mass is 478 g/mol. The number of amides is 2. The number of thiazole rings is 1. The molecule has 0 saturated carbocycles. The van der Waals surface area contributed by atoms with Crippen molar-refractivity contribution in [3.05, 3.63) is 28.3 Å². The zero-order chi connectivity index (χ0) is 24.7. The maximum Gasteiger partial charge on any atom is 0.271 e. The Morgan fingerprint density at radius 2 is 1.55 bits per heavy atom. The van der Waals surface area contributed by atoms with E-state index in [0.717, 1.165) is 6.54 Å². The van der Waals surface area contributed by atoms with E-state index in [9.17, 15) is 9.59 Å². The summed E-state index contributed by atoms with van der Waals surface area (Å²) in [6.07, 6.45) is 0. The first kappa shape index (κ1) is 26.4. The molecule has 0 atom stereocenters.